The smallest absolute Gasteiger partial charge is 0.191 e. The van der Waals surface area contributed by atoms with Gasteiger partial charge >= 0.3 is 0 Å². The van der Waals surface area contributed by atoms with Crippen molar-refractivity contribution in [3.8, 4) is 0 Å². The summed E-state index contributed by atoms with van der Waals surface area (Å²) in [6.07, 6.45) is 0. The molecule has 1 aromatic heterocycles. The van der Waals surface area contributed by atoms with Crippen LogP contribution in [0.15, 0.2) is 35.3 Å². The molecule has 4 nitrogen and oxygen atoms in total. The molecule has 0 fully saturated rings. The fraction of sp³-hybridized carbons (Fsp3) is 0.308. The molecule has 0 radical (unpaired) electrons. The van der Waals surface area contributed by atoms with Crippen molar-refractivity contribution >= 4 is 16.9 Å². The summed E-state index contributed by atoms with van der Waals surface area (Å²) in [4.78, 5) is 7.75. The molecule has 1 unspecified atom stereocenters. The van der Waals surface area contributed by atoms with Crippen LogP contribution in [0.4, 0.5) is 0 Å². The number of aliphatic imine (C=N–C) groups is 1. The number of rotatable bonds is 2. The summed E-state index contributed by atoms with van der Waals surface area (Å²) in [7, 11) is 0. The Bertz CT molecular complexity index is 522. The lowest BCUT2D eigenvalue weighted by Gasteiger charge is -2.07. The van der Waals surface area contributed by atoms with Crippen LogP contribution >= 0.6 is 0 Å². The molecule has 0 amide bonds. The van der Waals surface area contributed by atoms with Gasteiger partial charge in [0.2, 0.25) is 0 Å². The first kappa shape index (κ1) is 10.2. The average Bonchev–Trinajstić information content (AvgIpc) is 2.91. The highest BCUT2D eigenvalue weighted by Gasteiger charge is 2.11. The van der Waals surface area contributed by atoms with E-state index >= 15 is 0 Å². The molecule has 0 aliphatic carbocycles. The number of nitrogens with one attached hydrogen (secondary N) is 3. The van der Waals surface area contributed by atoms with Crippen molar-refractivity contribution in [3.05, 3.63) is 36.0 Å². The zero-order chi connectivity index (χ0) is 11.7. The first-order valence-electron chi connectivity index (χ1n) is 5.93. The number of hydrogen-bond donors (Lipinski definition) is 3. The predicted molar refractivity (Wildman–Crippen MR) is 70.0 cm³/mol. The lowest BCUT2D eigenvalue weighted by Crippen LogP contribution is -2.37. The van der Waals surface area contributed by atoms with Crippen LogP contribution in [-0.2, 0) is 6.54 Å². The van der Waals surface area contributed by atoms with Gasteiger partial charge in [0.25, 0.3) is 0 Å². The quantitative estimate of drug-likeness (QED) is 0.731. The molecule has 17 heavy (non-hydrogen) atoms. The molecule has 1 atom stereocenters. The topological polar surface area (TPSA) is 52.2 Å². The Hall–Kier alpha value is -1.97. The van der Waals surface area contributed by atoms with Gasteiger partial charge in [0.05, 0.1) is 13.1 Å². The molecule has 1 aromatic carbocycles. The zero-order valence-electron chi connectivity index (χ0n) is 9.83. The van der Waals surface area contributed by atoms with Crippen LogP contribution in [0.25, 0.3) is 10.9 Å². The lowest BCUT2D eigenvalue weighted by molar-refractivity contribution is 0.712. The van der Waals surface area contributed by atoms with Gasteiger partial charge in [-0.1, -0.05) is 18.2 Å². The minimum Gasteiger partial charge on any atom is -0.357 e. The number of benzene rings is 1. The fourth-order valence-corrected chi connectivity index (χ4v) is 2.07. The SMILES string of the molecule is CC1CN=C(NCc2cc3ccccc3[nH]2)N1. The van der Waals surface area contributed by atoms with Crippen LogP contribution in [-0.4, -0.2) is 23.5 Å². The maximum absolute atomic E-state index is 4.37. The molecule has 88 valence electrons. The number of aromatic amines is 1. The van der Waals surface area contributed by atoms with E-state index in [-0.39, 0.29) is 0 Å². The van der Waals surface area contributed by atoms with Crippen LogP contribution in [0.3, 0.4) is 0 Å². The number of H-pyrrole nitrogens is 1. The van der Waals surface area contributed by atoms with Crippen molar-refractivity contribution < 1.29 is 0 Å². The third kappa shape index (κ3) is 2.11. The second kappa shape index (κ2) is 4.13. The Morgan fingerprint density at radius 2 is 2.29 bits per heavy atom. The van der Waals surface area contributed by atoms with Gasteiger partial charge < -0.3 is 15.6 Å². The highest BCUT2D eigenvalue weighted by atomic mass is 15.2. The largest absolute Gasteiger partial charge is 0.357 e. The Morgan fingerprint density at radius 1 is 1.41 bits per heavy atom. The molecule has 0 bridgehead atoms. The van der Waals surface area contributed by atoms with Gasteiger partial charge in [-0.2, -0.15) is 0 Å². The first-order chi connectivity index (χ1) is 8.31. The van der Waals surface area contributed by atoms with Gasteiger partial charge in [-0.05, 0) is 24.4 Å². The Morgan fingerprint density at radius 3 is 3.06 bits per heavy atom. The number of fused-ring (bicyclic) bond motifs is 1. The van der Waals surface area contributed by atoms with Gasteiger partial charge in [-0.3, -0.25) is 4.99 Å². The summed E-state index contributed by atoms with van der Waals surface area (Å²) in [5, 5.41) is 7.83. The van der Waals surface area contributed by atoms with E-state index in [2.05, 4.69) is 51.8 Å². The Balaban J connectivity index is 1.69. The van der Waals surface area contributed by atoms with Crippen molar-refractivity contribution in [2.24, 2.45) is 4.99 Å². The molecule has 0 spiro atoms. The molecule has 4 heteroatoms. The molecule has 3 N–H and O–H groups in total. The fourth-order valence-electron chi connectivity index (χ4n) is 2.07. The molecule has 3 rings (SSSR count). The number of aromatic nitrogens is 1. The van der Waals surface area contributed by atoms with E-state index in [1.807, 2.05) is 6.07 Å². The zero-order valence-corrected chi connectivity index (χ0v) is 9.83. The number of guanidine groups is 1. The van der Waals surface area contributed by atoms with E-state index in [1.165, 1.54) is 16.6 Å². The maximum atomic E-state index is 4.37. The van der Waals surface area contributed by atoms with Crippen molar-refractivity contribution in [2.75, 3.05) is 6.54 Å². The van der Waals surface area contributed by atoms with Crippen LogP contribution in [0.2, 0.25) is 0 Å². The van der Waals surface area contributed by atoms with E-state index < -0.39 is 0 Å². The number of nitrogens with zero attached hydrogens (tertiary/aromatic N) is 1. The summed E-state index contributed by atoms with van der Waals surface area (Å²) >= 11 is 0. The van der Waals surface area contributed by atoms with Crippen molar-refractivity contribution in [2.45, 2.75) is 19.5 Å². The summed E-state index contributed by atoms with van der Waals surface area (Å²) in [5.41, 5.74) is 2.36. The number of para-hydroxylation sites is 1. The lowest BCUT2D eigenvalue weighted by atomic mass is 10.2. The van der Waals surface area contributed by atoms with Gasteiger partial charge in [-0.25, -0.2) is 0 Å². The van der Waals surface area contributed by atoms with Crippen molar-refractivity contribution in [1.29, 1.82) is 0 Å². The molecule has 2 aromatic rings. The molecule has 2 heterocycles. The average molecular weight is 228 g/mol. The summed E-state index contributed by atoms with van der Waals surface area (Å²) in [6, 6.07) is 10.9. The van der Waals surface area contributed by atoms with Crippen molar-refractivity contribution in [1.82, 2.24) is 15.6 Å². The van der Waals surface area contributed by atoms with Gasteiger partial charge in [0, 0.05) is 17.3 Å². The van der Waals surface area contributed by atoms with Crippen LogP contribution in [0, 0.1) is 0 Å². The van der Waals surface area contributed by atoms with Crippen LogP contribution < -0.4 is 10.6 Å². The summed E-state index contributed by atoms with van der Waals surface area (Å²) < 4.78 is 0. The summed E-state index contributed by atoms with van der Waals surface area (Å²) in [5.74, 6) is 0.899. The molecular weight excluding hydrogens is 212 g/mol. The highest BCUT2D eigenvalue weighted by Crippen LogP contribution is 2.14. The van der Waals surface area contributed by atoms with E-state index in [1.54, 1.807) is 0 Å². The molecule has 0 saturated heterocycles. The highest BCUT2D eigenvalue weighted by molar-refractivity contribution is 5.82. The van der Waals surface area contributed by atoms with E-state index in [4.69, 9.17) is 0 Å². The second-order valence-corrected chi connectivity index (χ2v) is 4.47. The Kier molecular flexibility index (Phi) is 2.48. The third-order valence-electron chi connectivity index (χ3n) is 2.94. The van der Waals surface area contributed by atoms with Gasteiger partial charge in [0.1, 0.15) is 0 Å². The standard InChI is InChI=1S/C13H16N4/c1-9-7-14-13(16-9)15-8-11-6-10-4-2-3-5-12(10)17-11/h2-6,9,17H,7-8H2,1H3,(H2,14,15,16). The van der Waals surface area contributed by atoms with E-state index in [0.717, 1.165) is 19.0 Å². The predicted octanol–water partition coefficient (Wildman–Crippen LogP) is 1.61. The maximum Gasteiger partial charge on any atom is 0.191 e. The third-order valence-corrected chi connectivity index (χ3v) is 2.94. The Labute approximate surface area is 100 Å². The minimum absolute atomic E-state index is 0.445. The van der Waals surface area contributed by atoms with Crippen LogP contribution in [0.1, 0.15) is 12.6 Å². The molecule has 0 saturated carbocycles. The normalized spacial score (nSPS) is 19.1. The molecule has 1 aliphatic heterocycles. The van der Waals surface area contributed by atoms with Gasteiger partial charge in [-0.15, -0.1) is 0 Å². The molecule has 1 aliphatic rings. The first-order valence-corrected chi connectivity index (χ1v) is 5.93. The molecular formula is C13H16N4. The van der Waals surface area contributed by atoms with E-state index in [0.29, 0.717) is 6.04 Å². The number of hydrogen-bond acceptors (Lipinski definition) is 3. The van der Waals surface area contributed by atoms with Gasteiger partial charge in [0.15, 0.2) is 5.96 Å². The van der Waals surface area contributed by atoms with E-state index in [9.17, 15) is 0 Å². The van der Waals surface area contributed by atoms with Crippen LogP contribution in [0.5, 0.6) is 0 Å². The monoisotopic (exact) mass is 228 g/mol. The summed E-state index contributed by atoms with van der Waals surface area (Å²) in [6.45, 7) is 3.75. The minimum atomic E-state index is 0.445. The van der Waals surface area contributed by atoms with Crippen molar-refractivity contribution in [3.63, 3.8) is 0 Å². The second-order valence-electron chi connectivity index (χ2n) is 4.47.